The highest BCUT2D eigenvalue weighted by atomic mass is 16.5. The van der Waals surface area contributed by atoms with Crippen LogP contribution < -0.4 is 19.9 Å². The maximum atomic E-state index is 12.5. The quantitative estimate of drug-likeness (QED) is 0.544. The number of hydrogen-bond acceptors (Lipinski definition) is 4. The number of carbonyl (C=O) groups is 2. The topological polar surface area (TPSA) is 73.5 Å². The lowest BCUT2D eigenvalue weighted by atomic mass is 10.1. The summed E-state index contributed by atoms with van der Waals surface area (Å²) in [6, 6.07) is 15.1. The largest absolute Gasteiger partial charge is 0.497 e. The van der Waals surface area contributed by atoms with E-state index >= 15 is 0 Å². The molecule has 2 aromatic rings. The van der Waals surface area contributed by atoms with E-state index in [0.29, 0.717) is 17.8 Å². The number of piperazine rings is 1. The molecule has 0 spiro atoms. The molecule has 1 amide bonds. The Morgan fingerprint density at radius 1 is 0.931 bits per heavy atom. The second-order valence-electron chi connectivity index (χ2n) is 7.29. The summed E-state index contributed by atoms with van der Waals surface area (Å²) >= 11 is 0. The van der Waals surface area contributed by atoms with Crippen LogP contribution in [0, 0.1) is 0 Å². The summed E-state index contributed by atoms with van der Waals surface area (Å²) in [5.41, 5.74) is 2.15. The third-order valence-electron chi connectivity index (χ3n) is 5.29. The number of benzene rings is 2. The minimum atomic E-state index is -0.455. The van der Waals surface area contributed by atoms with E-state index in [9.17, 15) is 9.59 Å². The SMILES string of the molecule is COC(=O)c1ccccc1NC(=O)C[NH+]1CC[NH+](Cc2ccc(OC)cc2)CC1. The number of para-hydroxylation sites is 1. The van der Waals surface area contributed by atoms with Crippen molar-refractivity contribution in [1.82, 2.24) is 0 Å². The second-order valence-corrected chi connectivity index (χ2v) is 7.29. The normalized spacial score (nSPS) is 18.7. The van der Waals surface area contributed by atoms with Gasteiger partial charge in [-0.25, -0.2) is 4.79 Å². The van der Waals surface area contributed by atoms with Gasteiger partial charge >= 0.3 is 5.97 Å². The molecule has 0 aromatic heterocycles. The zero-order chi connectivity index (χ0) is 20.6. The van der Waals surface area contributed by atoms with Crippen LogP contribution in [0.4, 0.5) is 5.69 Å². The highest BCUT2D eigenvalue weighted by Gasteiger charge is 2.25. The van der Waals surface area contributed by atoms with Crippen molar-refractivity contribution >= 4 is 17.6 Å². The molecule has 1 heterocycles. The first kappa shape index (κ1) is 20.8. The van der Waals surface area contributed by atoms with Crippen LogP contribution in [0.3, 0.4) is 0 Å². The number of methoxy groups -OCH3 is 2. The molecule has 3 rings (SSSR count). The van der Waals surface area contributed by atoms with Crippen LogP contribution in [0.25, 0.3) is 0 Å². The van der Waals surface area contributed by atoms with Crippen molar-refractivity contribution in [3.63, 3.8) is 0 Å². The third-order valence-corrected chi connectivity index (χ3v) is 5.29. The third kappa shape index (κ3) is 5.79. The molecule has 0 atom stereocenters. The van der Waals surface area contributed by atoms with Crippen molar-refractivity contribution in [1.29, 1.82) is 0 Å². The molecule has 1 aliphatic rings. The second kappa shape index (κ2) is 10.0. The molecular weight excluding hydrogens is 370 g/mol. The van der Waals surface area contributed by atoms with E-state index in [0.717, 1.165) is 38.5 Å². The summed E-state index contributed by atoms with van der Waals surface area (Å²) in [6.07, 6.45) is 0. The van der Waals surface area contributed by atoms with E-state index in [4.69, 9.17) is 9.47 Å². The zero-order valence-electron chi connectivity index (χ0n) is 17.0. The van der Waals surface area contributed by atoms with Gasteiger partial charge in [-0.2, -0.15) is 0 Å². The lowest BCUT2D eigenvalue weighted by molar-refractivity contribution is -1.02. The first-order valence-electron chi connectivity index (χ1n) is 9.86. The van der Waals surface area contributed by atoms with Gasteiger partial charge in [0.15, 0.2) is 6.54 Å². The van der Waals surface area contributed by atoms with E-state index in [2.05, 4.69) is 17.4 Å². The average molecular weight is 399 g/mol. The van der Waals surface area contributed by atoms with Crippen molar-refractivity contribution in [2.75, 3.05) is 52.3 Å². The van der Waals surface area contributed by atoms with Crippen LogP contribution in [0.2, 0.25) is 0 Å². The monoisotopic (exact) mass is 399 g/mol. The molecule has 0 aliphatic carbocycles. The van der Waals surface area contributed by atoms with Crippen molar-refractivity contribution < 1.29 is 28.9 Å². The number of carbonyl (C=O) groups excluding carboxylic acids is 2. The van der Waals surface area contributed by atoms with Gasteiger partial charge in [-0.05, 0) is 36.4 Å². The van der Waals surface area contributed by atoms with E-state index < -0.39 is 5.97 Å². The zero-order valence-corrected chi connectivity index (χ0v) is 17.0. The van der Waals surface area contributed by atoms with E-state index in [1.54, 1.807) is 31.4 Å². The number of esters is 1. The number of nitrogens with one attached hydrogen (secondary N) is 3. The highest BCUT2D eigenvalue weighted by Crippen LogP contribution is 2.15. The van der Waals surface area contributed by atoms with Gasteiger partial charge in [0.05, 0.1) is 25.5 Å². The Hall–Kier alpha value is -2.90. The molecule has 0 unspecified atom stereocenters. The van der Waals surface area contributed by atoms with Gasteiger partial charge in [0.25, 0.3) is 5.91 Å². The highest BCUT2D eigenvalue weighted by molar-refractivity contribution is 6.01. The van der Waals surface area contributed by atoms with Crippen molar-refractivity contribution in [2.45, 2.75) is 6.54 Å². The molecule has 1 fully saturated rings. The Balaban J connectivity index is 1.47. The minimum Gasteiger partial charge on any atom is -0.497 e. The minimum absolute atomic E-state index is 0.0880. The van der Waals surface area contributed by atoms with Gasteiger partial charge in [-0.15, -0.1) is 0 Å². The van der Waals surface area contributed by atoms with Crippen LogP contribution in [-0.2, 0) is 16.1 Å². The van der Waals surface area contributed by atoms with Crippen LogP contribution >= 0.6 is 0 Å². The molecule has 0 radical (unpaired) electrons. The maximum absolute atomic E-state index is 12.5. The van der Waals surface area contributed by atoms with Crippen LogP contribution in [0.15, 0.2) is 48.5 Å². The molecule has 154 valence electrons. The number of rotatable bonds is 7. The predicted octanol–water partition coefficient (Wildman–Crippen LogP) is -0.596. The number of ether oxygens (including phenoxy) is 2. The summed E-state index contributed by atoms with van der Waals surface area (Å²) in [7, 11) is 3.01. The van der Waals surface area contributed by atoms with Crippen molar-refractivity contribution in [3.05, 3.63) is 59.7 Å². The van der Waals surface area contributed by atoms with Gasteiger partial charge in [0.1, 0.15) is 38.5 Å². The Morgan fingerprint density at radius 3 is 2.24 bits per heavy atom. The molecule has 1 saturated heterocycles. The molecule has 0 saturated carbocycles. The van der Waals surface area contributed by atoms with E-state index in [-0.39, 0.29) is 5.91 Å². The fraction of sp³-hybridized carbons (Fsp3) is 0.364. The van der Waals surface area contributed by atoms with Crippen LogP contribution in [0.1, 0.15) is 15.9 Å². The van der Waals surface area contributed by atoms with Crippen molar-refractivity contribution in [2.24, 2.45) is 0 Å². The Kier molecular flexibility index (Phi) is 7.21. The number of hydrogen-bond donors (Lipinski definition) is 3. The first-order valence-corrected chi connectivity index (χ1v) is 9.86. The van der Waals surface area contributed by atoms with Gasteiger partial charge < -0.3 is 24.6 Å². The number of quaternary nitrogens is 2. The fourth-order valence-corrected chi connectivity index (χ4v) is 3.64. The molecule has 29 heavy (non-hydrogen) atoms. The lowest BCUT2D eigenvalue weighted by Crippen LogP contribution is -3.28. The van der Waals surface area contributed by atoms with Crippen LogP contribution in [-0.4, -0.2) is 58.8 Å². The predicted molar refractivity (Wildman–Crippen MR) is 109 cm³/mol. The molecule has 3 N–H and O–H groups in total. The Labute approximate surface area is 171 Å². The summed E-state index contributed by atoms with van der Waals surface area (Å²) in [5.74, 6) is 0.330. The van der Waals surface area contributed by atoms with Crippen LogP contribution in [0.5, 0.6) is 5.75 Å². The smallest absolute Gasteiger partial charge is 0.339 e. The molecule has 1 aliphatic heterocycles. The molecule has 0 bridgehead atoms. The summed E-state index contributed by atoms with van der Waals surface area (Å²) in [4.78, 5) is 27.1. The van der Waals surface area contributed by atoms with Crippen molar-refractivity contribution in [3.8, 4) is 5.75 Å². The van der Waals surface area contributed by atoms with E-state index in [1.165, 1.54) is 22.5 Å². The summed E-state index contributed by atoms with van der Waals surface area (Å²) < 4.78 is 9.98. The van der Waals surface area contributed by atoms with Gasteiger partial charge in [-0.3, -0.25) is 4.79 Å². The molecule has 7 heteroatoms. The van der Waals surface area contributed by atoms with E-state index in [1.807, 2.05) is 12.1 Å². The van der Waals surface area contributed by atoms with Gasteiger partial charge in [0, 0.05) is 5.56 Å². The maximum Gasteiger partial charge on any atom is 0.339 e. The standard InChI is InChI=1S/C22H27N3O4/c1-28-18-9-7-17(8-10-18)15-24-11-13-25(14-12-24)16-21(26)23-20-6-4-3-5-19(20)22(27)29-2/h3-10H,11-16H2,1-2H3,(H,23,26)/p+2. The molecule has 2 aromatic carbocycles. The van der Waals surface area contributed by atoms with Gasteiger partial charge in [-0.1, -0.05) is 12.1 Å². The van der Waals surface area contributed by atoms with Gasteiger partial charge in [0.2, 0.25) is 0 Å². The molecular formula is C22H29N3O4+2. The first-order chi connectivity index (χ1) is 14.1. The fourth-order valence-electron chi connectivity index (χ4n) is 3.64. The average Bonchev–Trinajstić information content (AvgIpc) is 2.75. The number of anilines is 1. The molecule has 7 nitrogen and oxygen atoms in total. The lowest BCUT2D eigenvalue weighted by Gasteiger charge is -2.29. The number of amides is 1. The Bertz CT molecular complexity index is 830. The summed E-state index contributed by atoms with van der Waals surface area (Å²) in [5, 5.41) is 2.86. The summed E-state index contributed by atoms with van der Waals surface area (Å²) in [6.45, 7) is 5.30. The Morgan fingerprint density at radius 2 is 1.59 bits per heavy atom.